The van der Waals surface area contributed by atoms with Gasteiger partial charge in [0.25, 0.3) is 6.02 Å². The molecule has 0 aromatic heterocycles. The summed E-state index contributed by atoms with van der Waals surface area (Å²) in [5.74, 6) is 2.39. The van der Waals surface area contributed by atoms with E-state index in [0.29, 0.717) is 12.6 Å². The summed E-state index contributed by atoms with van der Waals surface area (Å²) in [6.45, 7) is 0.708. The Morgan fingerprint density at radius 1 is 1.45 bits per heavy atom. The summed E-state index contributed by atoms with van der Waals surface area (Å²) >= 11 is 1.99. The van der Waals surface area contributed by atoms with Crippen molar-refractivity contribution < 1.29 is 4.74 Å². The van der Waals surface area contributed by atoms with Gasteiger partial charge in [-0.1, -0.05) is 0 Å². The third kappa shape index (κ3) is 1.31. The van der Waals surface area contributed by atoms with Gasteiger partial charge in [0.1, 0.15) is 12.1 Å². The molecule has 3 nitrogen and oxygen atoms in total. The normalized spacial score (nSPS) is 28.2. The number of amidine groups is 1. The van der Waals surface area contributed by atoms with Gasteiger partial charge in [0, 0.05) is 0 Å². The maximum atomic E-state index is 5.46. The van der Waals surface area contributed by atoms with Crippen LogP contribution in [0.15, 0.2) is 4.99 Å². The lowest BCUT2D eigenvalue weighted by Crippen LogP contribution is -2.32. The van der Waals surface area contributed by atoms with Gasteiger partial charge >= 0.3 is 0 Å². The molecule has 0 aliphatic carbocycles. The number of ether oxygens (including phenoxy) is 1. The topological polar surface area (TPSA) is 47.6 Å². The van der Waals surface area contributed by atoms with Gasteiger partial charge in [0.15, 0.2) is 0 Å². The van der Waals surface area contributed by atoms with Crippen LogP contribution in [-0.2, 0) is 4.74 Å². The molecule has 0 aromatic carbocycles. The number of thioether (sulfide) groups is 1. The van der Waals surface area contributed by atoms with E-state index in [9.17, 15) is 0 Å². The summed E-state index contributed by atoms with van der Waals surface area (Å²) in [4.78, 5) is 4.34. The third-order valence-corrected chi connectivity index (χ3v) is 3.25. The number of nitrogens with two attached hydrogens (primary N) is 1. The summed E-state index contributed by atoms with van der Waals surface area (Å²) in [7, 11) is 0. The fourth-order valence-electron chi connectivity index (χ4n) is 1.51. The molecule has 62 valence electrons. The van der Waals surface area contributed by atoms with Gasteiger partial charge in [0.2, 0.25) is 0 Å². The molecule has 0 radical (unpaired) electrons. The summed E-state index contributed by atoms with van der Waals surface area (Å²) in [5.41, 5.74) is 5.53. The van der Waals surface area contributed by atoms with Gasteiger partial charge < -0.3 is 10.5 Å². The zero-order valence-electron chi connectivity index (χ0n) is 6.38. The molecule has 2 rings (SSSR count). The van der Waals surface area contributed by atoms with E-state index in [1.54, 1.807) is 0 Å². The second kappa shape index (κ2) is 2.59. The average Bonchev–Trinajstić information content (AvgIpc) is 2.34. The largest absolute Gasteiger partial charge is 0.463 e. The molecular formula is C7H12N2OS. The Balaban J connectivity index is 2.09. The minimum Gasteiger partial charge on any atom is -0.463 e. The van der Waals surface area contributed by atoms with E-state index in [4.69, 9.17) is 10.5 Å². The van der Waals surface area contributed by atoms with Crippen molar-refractivity contribution in [2.45, 2.75) is 18.4 Å². The summed E-state index contributed by atoms with van der Waals surface area (Å²) in [5, 5.41) is 0. The molecule has 0 aromatic rings. The minimum absolute atomic E-state index is 0.0648. The number of rotatable bonds is 0. The highest BCUT2D eigenvalue weighted by atomic mass is 32.2. The Morgan fingerprint density at radius 3 is 2.73 bits per heavy atom. The monoisotopic (exact) mass is 172 g/mol. The van der Waals surface area contributed by atoms with Gasteiger partial charge in [0.05, 0.1) is 0 Å². The maximum Gasteiger partial charge on any atom is 0.282 e. The van der Waals surface area contributed by atoms with Crippen LogP contribution >= 0.6 is 11.8 Å². The SMILES string of the molecule is NC1=NC2(CCSCC2)CO1. The standard InChI is InChI=1S/C7H12N2OS/c8-6-9-7(5-10-6)1-3-11-4-2-7/h1-5H2,(H2,8,9). The highest BCUT2D eigenvalue weighted by molar-refractivity contribution is 7.99. The van der Waals surface area contributed by atoms with E-state index in [2.05, 4.69) is 4.99 Å². The van der Waals surface area contributed by atoms with Gasteiger partial charge in [-0.05, 0) is 24.3 Å². The first kappa shape index (κ1) is 7.28. The maximum absolute atomic E-state index is 5.46. The van der Waals surface area contributed by atoms with E-state index >= 15 is 0 Å². The van der Waals surface area contributed by atoms with Gasteiger partial charge in [-0.2, -0.15) is 11.8 Å². The fourth-order valence-corrected chi connectivity index (χ4v) is 2.77. The molecule has 2 aliphatic rings. The van der Waals surface area contributed by atoms with Crippen LogP contribution < -0.4 is 5.73 Å². The van der Waals surface area contributed by atoms with Crippen molar-refractivity contribution in [2.75, 3.05) is 18.1 Å². The van der Waals surface area contributed by atoms with Crippen LogP contribution in [0.5, 0.6) is 0 Å². The van der Waals surface area contributed by atoms with Crippen molar-refractivity contribution in [3.8, 4) is 0 Å². The van der Waals surface area contributed by atoms with Crippen molar-refractivity contribution in [1.29, 1.82) is 0 Å². The van der Waals surface area contributed by atoms with Crippen molar-refractivity contribution in [3.05, 3.63) is 0 Å². The lowest BCUT2D eigenvalue weighted by atomic mass is 9.95. The second-order valence-electron chi connectivity index (χ2n) is 3.08. The van der Waals surface area contributed by atoms with Crippen LogP contribution in [0.1, 0.15) is 12.8 Å². The minimum atomic E-state index is 0.0648. The average molecular weight is 172 g/mol. The van der Waals surface area contributed by atoms with E-state index in [1.807, 2.05) is 11.8 Å². The molecule has 0 saturated carbocycles. The molecule has 2 N–H and O–H groups in total. The third-order valence-electron chi connectivity index (χ3n) is 2.26. The van der Waals surface area contributed by atoms with Crippen molar-refractivity contribution >= 4 is 17.8 Å². The molecule has 1 saturated heterocycles. The predicted octanol–water partition coefficient (Wildman–Crippen LogP) is 0.597. The smallest absolute Gasteiger partial charge is 0.282 e. The van der Waals surface area contributed by atoms with Crippen LogP contribution in [0.4, 0.5) is 0 Å². The first-order valence-corrected chi connectivity index (χ1v) is 5.02. The van der Waals surface area contributed by atoms with Crippen molar-refractivity contribution in [1.82, 2.24) is 0 Å². The number of hydrogen-bond donors (Lipinski definition) is 1. The quantitative estimate of drug-likeness (QED) is 0.582. The second-order valence-corrected chi connectivity index (χ2v) is 4.30. The van der Waals surface area contributed by atoms with Crippen LogP contribution in [0.25, 0.3) is 0 Å². The molecule has 1 spiro atoms. The fraction of sp³-hybridized carbons (Fsp3) is 0.857. The van der Waals surface area contributed by atoms with E-state index in [1.165, 1.54) is 11.5 Å². The van der Waals surface area contributed by atoms with Crippen molar-refractivity contribution in [2.24, 2.45) is 10.7 Å². The highest BCUT2D eigenvalue weighted by Crippen LogP contribution is 2.33. The van der Waals surface area contributed by atoms with E-state index in [-0.39, 0.29) is 5.54 Å². The molecule has 1 fully saturated rings. The van der Waals surface area contributed by atoms with Gasteiger partial charge in [-0.3, -0.25) is 0 Å². The number of nitrogens with zero attached hydrogens (tertiary/aromatic N) is 1. The lowest BCUT2D eigenvalue weighted by Gasteiger charge is -2.27. The molecule has 4 heteroatoms. The molecule has 11 heavy (non-hydrogen) atoms. The van der Waals surface area contributed by atoms with Crippen LogP contribution in [-0.4, -0.2) is 29.7 Å². The highest BCUT2D eigenvalue weighted by Gasteiger charge is 2.37. The molecular weight excluding hydrogens is 160 g/mol. The molecule has 0 unspecified atom stereocenters. The number of hydrogen-bond acceptors (Lipinski definition) is 4. The van der Waals surface area contributed by atoms with Crippen LogP contribution in [0.2, 0.25) is 0 Å². The lowest BCUT2D eigenvalue weighted by molar-refractivity contribution is 0.241. The van der Waals surface area contributed by atoms with Gasteiger partial charge in [-0.15, -0.1) is 0 Å². The molecule has 2 aliphatic heterocycles. The zero-order valence-corrected chi connectivity index (χ0v) is 7.19. The Bertz CT molecular complexity index is 187. The number of aliphatic imine (C=N–C) groups is 1. The van der Waals surface area contributed by atoms with E-state index < -0.39 is 0 Å². The first-order chi connectivity index (χ1) is 5.31. The predicted molar refractivity (Wildman–Crippen MR) is 46.9 cm³/mol. The summed E-state index contributed by atoms with van der Waals surface area (Å²) < 4.78 is 5.16. The van der Waals surface area contributed by atoms with Crippen LogP contribution in [0, 0.1) is 0 Å². The summed E-state index contributed by atoms with van der Waals surface area (Å²) in [6.07, 6.45) is 2.25. The Kier molecular flexibility index (Phi) is 1.71. The van der Waals surface area contributed by atoms with Gasteiger partial charge in [-0.25, -0.2) is 4.99 Å². The molecule has 2 heterocycles. The van der Waals surface area contributed by atoms with Crippen molar-refractivity contribution in [3.63, 3.8) is 0 Å². The first-order valence-electron chi connectivity index (χ1n) is 3.87. The molecule has 0 bridgehead atoms. The van der Waals surface area contributed by atoms with Crippen LogP contribution in [0.3, 0.4) is 0 Å². The Labute approximate surface area is 70.4 Å². The zero-order chi connectivity index (χ0) is 7.73. The summed E-state index contributed by atoms with van der Waals surface area (Å²) in [6, 6.07) is 0.386. The molecule has 0 amide bonds. The Morgan fingerprint density at radius 2 is 2.18 bits per heavy atom. The molecule has 0 atom stereocenters. The van der Waals surface area contributed by atoms with E-state index in [0.717, 1.165) is 12.8 Å². The Hall–Kier alpha value is -0.380.